The average Bonchev–Trinajstić information content (AvgIpc) is 2.51. The van der Waals surface area contributed by atoms with Crippen molar-refractivity contribution in [2.24, 2.45) is 5.92 Å². The molecule has 1 aromatic carbocycles. The summed E-state index contributed by atoms with van der Waals surface area (Å²) in [7, 11) is 3.15. The molecule has 0 spiro atoms. The molecule has 0 aromatic heterocycles. The summed E-state index contributed by atoms with van der Waals surface area (Å²) in [5.41, 5.74) is 0.875. The highest BCUT2D eigenvalue weighted by Gasteiger charge is 2.20. The largest absolute Gasteiger partial charge is 0.496 e. The first-order valence-corrected chi connectivity index (χ1v) is 7.35. The quantitative estimate of drug-likeness (QED) is 0.716. The Kier molecular flexibility index (Phi) is 7.22. The van der Waals surface area contributed by atoms with Gasteiger partial charge in [0.15, 0.2) is 0 Å². The maximum atomic E-state index is 12.0. The minimum absolute atomic E-state index is 0.193. The van der Waals surface area contributed by atoms with Gasteiger partial charge in [-0.2, -0.15) is 0 Å². The van der Waals surface area contributed by atoms with Crippen molar-refractivity contribution in [2.45, 2.75) is 32.9 Å². The van der Waals surface area contributed by atoms with E-state index in [-0.39, 0.29) is 11.9 Å². The third-order valence-electron chi connectivity index (χ3n) is 3.21. The van der Waals surface area contributed by atoms with E-state index >= 15 is 0 Å². The number of amides is 3. The predicted octanol–water partition coefficient (Wildman–Crippen LogP) is 1.66. The molecule has 0 aliphatic heterocycles. The second kappa shape index (κ2) is 8.92. The molecule has 1 aromatic rings. The van der Waals surface area contributed by atoms with Crippen LogP contribution in [0.25, 0.3) is 0 Å². The Labute approximate surface area is 131 Å². The number of hydrogen-bond donors (Lipinski definition) is 3. The Hall–Kier alpha value is -2.24. The lowest BCUT2D eigenvalue weighted by atomic mass is 10.0. The molecule has 0 radical (unpaired) electrons. The van der Waals surface area contributed by atoms with Crippen LogP contribution in [0.15, 0.2) is 24.3 Å². The van der Waals surface area contributed by atoms with Crippen molar-refractivity contribution in [2.75, 3.05) is 14.2 Å². The van der Waals surface area contributed by atoms with Crippen LogP contribution < -0.4 is 20.7 Å². The lowest BCUT2D eigenvalue weighted by Crippen LogP contribution is -2.49. The third-order valence-corrected chi connectivity index (χ3v) is 3.21. The molecule has 0 aliphatic carbocycles. The molecule has 3 N–H and O–H groups in total. The number of methoxy groups -OCH3 is 1. The number of hydrogen-bond acceptors (Lipinski definition) is 3. The molecule has 0 saturated carbocycles. The SMILES string of the molecule is CNC(=O)C(CC(C)C)NC(=O)NCc1ccccc1OC. The Balaban J connectivity index is 2.58. The van der Waals surface area contributed by atoms with E-state index in [0.29, 0.717) is 24.6 Å². The molecular weight excluding hydrogens is 282 g/mol. The van der Waals surface area contributed by atoms with E-state index in [1.54, 1.807) is 14.2 Å². The summed E-state index contributed by atoms with van der Waals surface area (Å²) in [4.78, 5) is 23.8. The molecule has 3 amide bonds. The van der Waals surface area contributed by atoms with Crippen LogP contribution in [0.2, 0.25) is 0 Å². The van der Waals surface area contributed by atoms with Crippen molar-refractivity contribution in [3.05, 3.63) is 29.8 Å². The van der Waals surface area contributed by atoms with Crippen LogP contribution in [-0.2, 0) is 11.3 Å². The van der Waals surface area contributed by atoms with Gasteiger partial charge in [0.1, 0.15) is 11.8 Å². The predicted molar refractivity (Wildman–Crippen MR) is 85.7 cm³/mol. The number of likely N-dealkylation sites (N-methyl/N-ethyl adjacent to an activating group) is 1. The van der Waals surface area contributed by atoms with E-state index in [0.717, 1.165) is 5.56 Å². The minimum atomic E-state index is -0.539. The van der Waals surface area contributed by atoms with Gasteiger partial charge < -0.3 is 20.7 Å². The number of carbonyl (C=O) groups excluding carboxylic acids is 2. The molecule has 0 fully saturated rings. The van der Waals surface area contributed by atoms with Gasteiger partial charge >= 0.3 is 6.03 Å². The van der Waals surface area contributed by atoms with Crippen LogP contribution in [0.5, 0.6) is 5.75 Å². The first-order valence-electron chi connectivity index (χ1n) is 7.35. The lowest BCUT2D eigenvalue weighted by molar-refractivity contribution is -0.122. The summed E-state index contributed by atoms with van der Waals surface area (Å²) in [5, 5.41) is 8.02. The van der Waals surface area contributed by atoms with Gasteiger partial charge in [-0.1, -0.05) is 32.0 Å². The van der Waals surface area contributed by atoms with E-state index in [1.807, 2.05) is 38.1 Å². The number of ether oxygens (including phenoxy) is 1. The number of carbonyl (C=O) groups is 2. The van der Waals surface area contributed by atoms with Gasteiger partial charge in [0.2, 0.25) is 5.91 Å². The summed E-state index contributed by atoms with van der Waals surface area (Å²) in [6.07, 6.45) is 0.585. The first-order chi connectivity index (χ1) is 10.5. The van der Waals surface area contributed by atoms with E-state index in [4.69, 9.17) is 4.74 Å². The zero-order valence-electron chi connectivity index (χ0n) is 13.6. The normalized spacial score (nSPS) is 11.7. The van der Waals surface area contributed by atoms with Crippen LogP contribution in [0.3, 0.4) is 0 Å². The Morgan fingerprint density at radius 1 is 1.23 bits per heavy atom. The molecule has 0 saturated heterocycles. The van der Waals surface area contributed by atoms with Gasteiger partial charge in [-0.15, -0.1) is 0 Å². The zero-order valence-corrected chi connectivity index (χ0v) is 13.6. The van der Waals surface area contributed by atoms with Crippen molar-refractivity contribution in [1.82, 2.24) is 16.0 Å². The van der Waals surface area contributed by atoms with Crippen LogP contribution in [0.1, 0.15) is 25.8 Å². The van der Waals surface area contributed by atoms with Gasteiger partial charge in [-0.05, 0) is 18.4 Å². The molecule has 122 valence electrons. The molecule has 1 unspecified atom stereocenters. The summed E-state index contributed by atoms with van der Waals surface area (Å²) >= 11 is 0. The Morgan fingerprint density at radius 2 is 1.91 bits per heavy atom. The van der Waals surface area contributed by atoms with Gasteiger partial charge in [0.25, 0.3) is 0 Å². The molecule has 22 heavy (non-hydrogen) atoms. The zero-order chi connectivity index (χ0) is 16.5. The van der Waals surface area contributed by atoms with E-state index < -0.39 is 6.04 Å². The monoisotopic (exact) mass is 307 g/mol. The number of para-hydroxylation sites is 1. The van der Waals surface area contributed by atoms with Gasteiger partial charge in [0.05, 0.1) is 7.11 Å². The van der Waals surface area contributed by atoms with Gasteiger partial charge in [0, 0.05) is 19.2 Å². The molecular formula is C16H25N3O3. The van der Waals surface area contributed by atoms with Crippen LogP contribution in [0.4, 0.5) is 4.79 Å². The number of rotatable bonds is 7. The Bertz CT molecular complexity index is 503. The van der Waals surface area contributed by atoms with Crippen molar-refractivity contribution < 1.29 is 14.3 Å². The standard InChI is InChI=1S/C16H25N3O3/c1-11(2)9-13(15(20)17-3)19-16(21)18-10-12-7-5-6-8-14(12)22-4/h5-8,11,13H,9-10H2,1-4H3,(H,17,20)(H2,18,19,21). The number of urea groups is 1. The summed E-state index contributed by atoms with van der Waals surface area (Å²) in [6.45, 7) is 4.34. The van der Waals surface area contributed by atoms with E-state index in [1.165, 1.54) is 0 Å². The number of nitrogens with one attached hydrogen (secondary N) is 3. The van der Waals surface area contributed by atoms with Crippen molar-refractivity contribution in [3.63, 3.8) is 0 Å². The van der Waals surface area contributed by atoms with E-state index in [9.17, 15) is 9.59 Å². The van der Waals surface area contributed by atoms with Gasteiger partial charge in [-0.25, -0.2) is 4.79 Å². The molecule has 6 heteroatoms. The fourth-order valence-corrected chi connectivity index (χ4v) is 2.11. The average molecular weight is 307 g/mol. The second-order valence-corrected chi connectivity index (χ2v) is 5.44. The highest BCUT2D eigenvalue weighted by atomic mass is 16.5. The molecule has 1 rings (SSSR count). The molecule has 0 aliphatic rings. The van der Waals surface area contributed by atoms with Crippen molar-refractivity contribution in [1.29, 1.82) is 0 Å². The topological polar surface area (TPSA) is 79.5 Å². The van der Waals surface area contributed by atoms with Crippen molar-refractivity contribution in [3.8, 4) is 5.75 Å². The smallest absolute Gasteiger partial charge is 0.315 e. The first kappa shape index (κ1) is 17.8. The molecule has 0 bridgehead atoms. The van der Waals surface area contributed by atoms with Crippen LogP contribution >= 0.6 is 0 Å². The lowest BCUT2D eigenvalue weighted by Gasteiger charge is -2.19. The molecule has 0 heterocycles. The third kappa shape index (κ3) is 5.63. The highest BCUT2D eigenvalue weighted by Crippen LogP contribution is 2.16. The number of benzene rings is 1. The van der Waals surface area contributed by atoms with Crippen molar-refractivity contribution >= 4 is 11.9 Å². The summed E-state index contributed by atoms with van der Waals surface area (Å²) < 4.78 is 5.23. The maximum absolute atomic E-state index is 12.0. The molecule has 1 atom stereocenters. The maximum Gasteiger partial charge on any atom is 0.315 e. The fraction of sp³-hybridized carbons (Fsp3) is 0.500. The van der Waals surface area contributed by atoms with Gasteiger partial charge in [-0.3, -0.25) is 4.79 Å². The minimum Gasteiger partial charge on any atom is -0.496 e. The summed E-state index contributed by atoms with van der Waals surface area (Å²) in [6, 6.07) is 6.54. The van der Waals surface area contributed by atoms with Crippen LogP contribution in [0, 0.1) is 5.92 Å². The highest BCUT2D eigenvalue weighted by molar-refractivity contribution is 5.86. The molecule has 6 nitrogen and oxygen atoms in total. The second-order valence-electron chi connectivity index (χ2n) is 5.44. The summed E-state index contributed by atoms with van der Waals surface area (Å²) in [5.74, 6) is 0.825. The fourth-order valence-electron chi connectivity index (χ4n) is 2.11. The van der Waals surface area contributed by atoms with Crippen LogP contribution in [-0.4, -0.2) is 32.1 Å². The van der Waals surface area contributed by atoms with E-state index in [2.05, 4.69) is 16.0 Å². The Morgan fingerprint density at radius 3 is 2.50 bits per heavy atom.